The zero-order valence-electron chi connectivity index (χ0n) is 49.5. The van der Waals surface area contributed by atoms with Crippen molar-refractivity contribution in [1.29, 1.82) is 0 Å². The normalized spacial score (nSPS) is 37.9. The molecule has 1 saturated carbocycles. The average Bonchev–Trinajstić information content (AvgIpc) is 4.19. The number of rotatable bonds is 18. The fourth-order valence-corrected chi connectivity index (χ4v) is 12.5. The van der Waals surface area contributed by atoms with Crippen LogP contribution in [0.2, 0.25) is 0 Å². The third-order valence-electron chi connectivity index (χ3n) is 17.0. The van der Waals surface area contributed by atoms with E-state index in [4.69, 9.17) is 47.5 Å². The molecular weight excluding hydrogens is 1040 g/mol. The van der Waals surface area contributed by atoms with Gasteiger partial charge in [0.05, 0.1) is 59.3 Å². The van der Waals surface area contributed by atoms with Gasteiger partial charge in [-0.05, 0) is 114 Å². The van der Waals surface area contributed by atoms with Gasteiger partial charge in [-0.25, -0.2) is 9.18 Å². The van der Waals surface area contributed by atoms with E-state index in [-0.39, 0.29) is 61.6 Å². The van der Waals surface area contributed by atoms with Gasteiger partial charge in [0.25, 0.3) is 0 Å². The van der Waals surface area contributed by atoms with Crippen LogP contribution >= 0.6 is 0 Å². The number of oxime groups is 1. The number of esters is 2. The van der Waals surface area contributed by atoms with E-state index in [1.165, 1.54) is 19.2 Å². The van der Waals surface area contributed by atoms with E-state index in [0.717, 1.165) is 12.8 Å². The van der Waals surface area contributed by atoms with Crippen molar-refractivity contribution in [2.45, 2.75) is 224 Å². The van der Waals surface area contributed by atoms with Gasteiger partial charge in [-0.15, -0.1) is 0 Å². The van der Waals surface area contributed by atoms with Gasteiger partial charge >= 0.3 is 18.1 Å². The topological polar surface area (TPSA) is 246 Å². The minimum absolute atomic E-state index is 0.00208. The van der Waals surface area contributed by atoms with Crippen LogP contribution in [0.4, 0.5) is 14.9 Å². The zero-order valence-corrected chi connectivity index (χ0v) is 49.5. The molecule has 2 aromatic rings. The Morgan fingerprint density at radius 2 is 1.68 bits per heavy atom. The Bertz CT molecular complexity index is 2560. The molecule has 1 aliphatic carbocycles. The third-order valence-corrected chi connectivity index (χ3v) is 17.0. The van der Waals surface area contributed by atoms with Crippen LogP contribution in [0.3, 0.4) is 0 Å². The van der Waals surface area contributed by atoms with Gasteiger partial charge in [-0.1, -0.05) is 32.9 Å². The molecular formula is C58H90FN5O16. The van der Waals surface area contributed by atoms with Crippen LogP contribution in [-0.4, -0.2) is 175 Å². The summed E-state index contributed by atoms with van der Waals surface area (Å²) in [5.74, 6) is -4.98. The highest BCUT2D eigenvalue weighted by Gasteiger charge is 2.59. The molecule has 4 saturated heterocycles. The number of nitrogens with zero attached hydrogens (tertiary/aromatic N) is 3. The summed E-state index contributed by atoms with van der Waals surface area (Å²) in [4.78, 5) is 61.9. The number of pyridine rings is 1. The summed E-state index contributed by atoms with van der Waals surface area (Å²) in [6.45, 7) is 22.3. The second kappa shape index (κ2) is 26.0. The molecule has 1 aromatic carbocycles. The standard InChI is InChI=1S/C58H90FN5O16/c1-16-44-58(12)51(78-55(69)79-58)33(6)47(62-80-30(2)3)31(4)28-56(10,70)50(77-54-48(67)42(63(13)14)25-32(5)72-54)34(7)49(35(8)53(68)74-44)76-46-29-57(11,71-15)52(36(9)73-46)75-45(66)19-21-60-22-23-61-40-27-41-38(26-39(40)59)43(65)20-24-64(41)37-17-18-37/h20,24,26-27,30-37,42,44,46,48-52,54,60-61,67,70H,16-19,21-23,25,28-29H2,1-15H3/b62-47+/t31-,32-,33+,34+,35-,36+,42+,44-,46+,48-,49?,50-,51+,52+,54+,56-,57-,58-/m1/s1. The molecule has 1 aromatic heterocycles. The second-order valence-electron chi connectivity index (χ2n) is 24.2. The fourth-order valence-electron chi connectivity index (χ4n) is 12.5. The first-order chi connectivity index (χ1) is 37.6. The molecule has 22 heteroatoms. The zero-order chi connectivity index (χ0) is 58.8. The minimum Gasteiger partial charge on any atom is -0.458 e. The first-order valence-corrected chi connectivity index (χ1v) is 28.7. The Balaban J connectivity index is 1.11. The highest BCUT2D eigenvalue weighted by atomic mass is 19.1. The number of carbonyl (C=O) groups is 3. The Hall–Kier alpha value is -4.52. The lowest BCUT2D eigenvalue weighted by Gasteiger charge is -2.49. The molecule has 5 fully saturated rings. The van der Waals surface area contributed by atoms with Crippen molar-refractivity contribution in [1.82, 2.24) is 14.8 Å². The lowest BCUT2D eigenvalue weighted by Crippen LogP contribution is -2.61. The predicted octanol–water partition coefficient (Wildman–Crippen LogP) is 6.61. The lowest BCUT2D eigenvalue weighted by atomic mass is 9.73. The average molecular weight is 1130 g/mol. The number of hydrogen-bond donors (Lipinski definition) is 4. The second-order valence-corrected chi connectivity index (χ2v) is 24.2. The van der Waals surface area contributed by atoms with Gasteiger partial charge in [0.15, 0.2) is 35.8 Å². The third kappa shape index (κ3) is 14.1. The number of likely N-dealkylation sites (N-methyl/N-ethyl adjacent to an activating group) is 1. The van der Waals surface area contributed by atoms with Crippen LogP contribution < -0.4 is 16.1 Å². The van der Waals surface area contributed by atoms with Gasteiger partial charge in [-0.2, -0.15) is 0 Å². The number of aliphatic hydroxyl groups is 2. The van der Waals surface area contributed by atoms with E-state index in [9.17, 15) is 29.4 Å². The summed E-state index contributed by atoms with van der Waals surface area (Å²) in [5.41, 5.74) is -3.27. The van der Waals surface area contributed by atoms with E-state index < -0.39 is 120 Å². The van der Waals surface area contributed by atoms with Gasteiger partial charge in [-0.3, -0.25) is 14.4 Å². The van der Waals surface area contributed by atoms with Crippen molar-refractivity contribution in [2.24, 2.45) is 28.8 Å². The summed E-state index contributed by atoms with van der Waals surface area (Å²) in [6.07, 6.45) is -6.63. The molecule has 7 rings (SSSR count). The minimum atomic E-state index is -1.79. The van der Waals surface area contributed by atoms with Crippen molar-refractivity contribution < 1.29 is 76.5 Å². The van der Waals surface area contributed by atoms with Gasteiger partial charge in [0.2, 0.25) is 0 Å². The summed E-state index contributed by atoms with van der Waals surface area (Å²) in [6, 6.07) is 4.36. The number of halogens is 1. The van der Waals surface area contributed by atoms with Crippen molar-refractivity contribution in [3.8, 4) is 0 Å². The number of anilines is 1. The molecule has 18 atom stereocenters. The highest BCUT2D eigenvalue weighted by Crippen LogP contribution is 2.44. The summed E-state index contributed by atoms with van der Waals surface area (Å²) >= 11 is 0. The number of hydrogen-bond acceptors (Lipinski definition) is 20. The lowest BCUT2D eigenvalue weighted by molar-refractivity contribution is -0.318. The monoisotopic (exact) mass is 1130 g/mol. The fraction of sp³-hybridized carbons (Fsp3) is 0.776. The molecule has 0 amide bonds. The van der Waals surface area contributed by atoms with Gasteiger partial charge in [0, 0.05) is 80.7 Å². The first-order valence-electron chi connectivity index (χ1n) is 28.7. The maximum absolute atomic E-state index is 15.1. The summed E-state index contributed by atoms with van der Waals surface area (Å²) < 4.78 is 74.3. The number of carbonyl (C=O) groups excluding carboxylic acids is 3. The number of nitrogens with one attached hydrogen (secondary N) is 2. The quantitative estimate of drug-likeness (QED) is 0.0531. The number of aromatic nitrogens is 1. The molecule has 5 heterocycles. The van der Waals surface area contributed by atoms with Crippen LogP contribution in [0.5, 0.6) is 0 Å². The molecule has 0 radical (unpaired) electrons. The van der Waals surface area contributed by atoms with E-state index >= 15 is 4.39 Å². The number of methoxy groups -OCH3 is 1. The Morgan fingerprint density at radius 1 is 0.963 bits per heavy atom. The van der Waals surface area contributed by atoms with Crippen LogP contribution in [-0.2, 0) is 57.1 Å². The molecule has 4 aliphatic heterocycles. The molecule has 80 heavy (non-hydrogen) atoms. The highest BCUT2D eigenvalue weighted by molar-refractivity contribution is 5.89. The van der Waals surface area contributed by atoms with E-state index in [0.29, 0.717) is 42.2 Å². The molecule has 1 unspecified atom stereocenters. The van der Waals surface area contributed by atoms with Crippen molar-refractivity contribution in [3.63, 3.8) is 0 Å². The van der Waals surface area contributed by atoms with E-state index in [1.807, 2.05) is 65.1 Å². The largest absolute Gasteiger partial charge is 0.509 e. The van der Waals surface area contributed by atoms with E-state index in [2.05, 4.69) is 15.8 Å². The Labute approximate surface area is 470 Å². The van der Waals surface area contributed by atoms with Gasteiger partial charge < -0.3 is 77.8 Å². The SMILES string of the molecule is CC[C@H]1OC(=O)[C@H](C)C(O[C@H]2C[C@@](C)(OC)[C@@H](OC(=O)CCNCCNc3cc4c(cc3F)c(=O)ccn4C3CC3)[C@H](C)O2)[C@H](C)[C@@H](O[C@@H]2O[C@H](C)C[C@H](N(C)C)[C@H]2O)[C@](C)(O)C[C@@H](C)/C(=N\OC(C)C)[C@H](C)[C@@H]2OC(=O)O[C@]12C. The number of cyclic esters (lactones) is 1. The van der Waals surface area contributed by atoms with Crippen molar-refractivity contribution in [3.05, 3.63) is 40.4 Å². The molecule has 0 bridgehead atoms. The molecule has 450 valence electrons. The summed E-state index contributed by atoms with van der Waals surface area (Å²) in [5, 5.41) is 36.2. The number of aliphatic hydroxyl groups excluding tert-OH is 1. The molecule has 21 nitrogen and oxygen atoms in total. The smallest absolute Gasteiger partial charge is 0.458 e. The molecule has 5 aliphatic rings. The molecule has 0 spiro atoms. The Morgan fingerprint density at radius 3 is 2.33 bits per heavy atom. The van der Waals surface area contributed by atoms with Crippen LogP contribution in [0.15, 0.2) is 34.3 Å². The van der Waals surface area contributed by atoms with Crippen LogP contribution in [0.25, 0.3) is 10.9 Å². The number of fused-ring (bicyclic) bond motifs is 2. The maximum Gasteiger partial charge on any atom is 0.509 e. The predicted molar refractivity (Wildman–Crippen MR) is 294 cm³/mol. The van der Waals surface area contributed by atoms with E-state index in [1.54, 1.807) is 53.8 Å². The number of ether oxygens (including phenoxy) is 9. The Kier molecular flexibility index (Phi) is 20.5. The number of benzene rings is 1. The molecule has 4 N–H and O–H groups in total. The van der Waals surface area contributed by atoms with Crippen molar-refractivity contribution >= 4 is 40.4 Å². The van der Waals surface area contributed by atoms with Gasteiger partial charge in [0.1, 0.15) is 29.7 Å². The van der Waals surface area contributed by atoms with Crippen molar-refractivity contribution in [2.75, 3.05) is 46.2 Å². The van der Waals surface area contributed by atoms with Crippen LogP contribution in [0.1, 0.15) is 134 Å². The maximum atomic E-state index is 15.1. The summed E-state index contributed by atoms with van der Waals surface area (Å²) in [7, 11) is 5.23. The van der Waals surface area contributed by atoms with Crippen LogP contribution in [0, 0.1) is 29.5 Å². The first kappa shape index (κ1) is 63.1.